The van der Waals surface area contributed by atoms with E-state index in [0.717, 1.165) is 17.0 Å². The first kappa shape index (κ1) is 18.6. The van der Waals surface area contributed by atoms with Crippen molar-refractivity contribution in [1.82, 2.24) is 15.2 Å². The van der Waals surface area contributed by atoms with E-state index in [1.807, 2.05) is 13.8 Å². The van der Waals surface area contributed by atoms with Gasteiger partial charge in [-0.25, -0.2) is 13.8 Å². The summed E-state index contributed by atoms with van der Waals surface area (Å²) in [6, 6.07) is 6.34. The van der Waals surface area contributed by atoms with Crippen LogP contribution in [0.3, 0.4) is 0 Å². The Morgan fingerprint density at radius 3 is 2.65 bits per heavy atom. The summed E-state index contributed by atoms with van der Waals surface area (Å²) in [4.78, 5) is 12.0. The molecule has 0 spiro atoms. The topological polar surface area (TPSA) is 93.4 Å². The van der Waals surface area contributed by atoms with Crippen LogP contribution >= 0.6 is 11.6 Å². The van der Waals surface area contributed by atoms with Gasteiger partial charge in [-0.05, 0) is 44.5 Å². The molecule has 1 fully saturated rings. The Bertz CT molecular complexity index is 965. The summed E-state index contributed by atoms with van der Waals surface area (Å²) in [5, 5.41) is 9.01. The van der Waals surface area contributed by atoms with E-state index >= 15 is 0 Å². The van der Waals surface area contributed by atoms with Gasteiger partial charge in [-0.2, -0.15) is 10.2 Å². The first-order valence-corrected chi connectivity index (χ1v) is 10.3. The third-order valence-corrected chi connectivity index (χ3v) is 6.40. The molecule has 2 aromatic rings. The Morgan fingerprint density at radius 1 is 1.35 bits per heavy atom. The summed E-state index contributed by atoms with van der Waals surface area (Å²) in [7, 11) is -2.99. The quantitative estimate of drug-likeness (QED) is 0.635. The van der Waals surface area contributed by atoms with Crippen LogP contribution in [-0.2, 0) is 9.84 Å². The van der Waals surface area contributed by atoms with Crippen molar-refractivity contribution in [3.05, 3.63) is 51.8 Å². The highest BCUT2D eigenvalue weighted by Gasteiger charge is 2.31. The zero-order valence-electron chi connectivity index (χ0n) is 14.4. The number of benzene rings is 1. The summed E-state index contributed by atoms with van der Waals surface area (Å²) in [6.45, 7) is 3.70. The van der Waals surface area contributed by atoms with Gasteiger partial charge in [0.15, 0.2) is 9.84 Å². The second kappa shape index (κ2) is 7.20. The standard InChI is InChI=1S/C17H19ClN4O3S/c1-11-16(9-19-20-17(23)13-3-5-14(18)6-4-13)12(2)22(21-11)15-7-8-26(24,25)10-15/h3-6,9,15H,7-8,10H2,1-2H3,(H,20,23)/b19-9-/t15-/m1/s1. The second-order valence-corrected chi connectivity index (χ2v) is 8.96. The number of aromatic nitrogens is 2. The maximum atomic E-state index is 12.0. The van der Waals surface area contributed by atoms with Gasteiger partial charge in [0.25, 0.3) is 5.91 Å². The Morgan fingerprint density at radius 2 is 2.04 bits per heavy atom. The van der Waals surface area contributed by atoms with Crippen LogP contribution in [0.1, 0.15) is 39.8 Å². The molecule has 1 atom stereocenters. The first-order valence-electron chi connectivity index (χ1n) is 8.12. The normalized spacial score (nSPS) is 19.1. The van der Waals surface area contributed by atoms with Crippen molar-refractivity contribution in [2.24, 2.45) is 5.10 Å². The van der Waals surface area contributed by atoms with Crippen LogP contribution in [0.15, 0.2) is 29.4 Å². The highest BCUT2D eigenvalue weighted by Crippen LogP contribution is 2.26. The van der Waals surface area contributed by atoms with Gasteiger partial charge in [0.05, 0.1) is 29.5 Å². The molecule has 26 heavy (non-hydrogen) atoms. The van der Waals surface area contributed by atoms with E-state index in [9.17, 15) is 13.2 Å². The Balaban J connectivity index is 1.73. The molecule has 2 heterocycles. The van der Waals surface area contributed by atoms with Gasteiger partial charge < -0.3 is 0 Å². The van der Waals surface area contributed by atoms with Crippen LogP contribution in [0.25, 0.3) is 0 Å². The molecule has 0 bridgehead atoms. The Kier molecular flexibility index (Phi) is 5.15. The molecule has 0 saturated carbocycles. The minimum absolute atomic E-state index is 0.110. The average Bonchev–Trinajstić information content (AvgIpc) is 3.08. The molecule has 1 aromatic heterocycles. The van der Waals surface area contributed by atoms with Gasteiger partial charge in [0.2, 0.25) is 0 Å². The number of carbonyl (C=O) groups is 1. The molecule has 1 aliphatic heterocycles. The number of halogens is 1. The van der Waals surface area contributed by atoms with Crippen molar-refractivity contribution >= 4 is 33.6 Å². The van der Waals surface area contributed by atoms with Gasteiger partial charge >= 0.3 is 0 Å². The molecule has 3 rings (SSSR count). The molecule has 1 amide bonds. The lowest BCUT2D eigenvalue weighted by Gasteiger charge is -2.10. The zero-order valence-corrected chi connectivity index (χ0v) is 16.0. The zero-order chi connectivity index (χ0) is 18.9. The van der Waals surface area contributed by atoms with Crippen LogP contribution in [0, 0.1) is 13.8 Å². The maximum absolute atomic E-state index is 12.0. The fraction of sp³-hybridized carbons (Fsp3) is 0.353. The summed E-state index contributed by atoms with van der Waals surface area (Å²) in [6.07, 6.45) is 2.10. The summed E-state index contributed by atoms with van der Waals surface area (Å²) in [5.41, 5.74) is 5.25. The third-order valence-electron chi connectivity index (χ3n) is 4.40. The average molecular weight is 395 g/mol. The predicted octanol–water partition coefficient (Wildman–Crippen LogP) is 2.28. The molecule has 7 nitrogen and oxygen atoms in total. The molecule has 0 aliphatic carbocycles. The fourth-order valence-electron chi connectivity index (χ4n) is 3.01. The van der Waals surface area contributed by atoms with Crippen molar-refractivity contribution in [1.29, 1.82) is 0 Å². The van der Waals surface area contributed by atoms with E-state index in [4.69, 9.17) is 11.6 Å². The molecule has 1 saturated heterocycles. The molecule has 1 N–H and O–H groups in total. The number of amides is 1. The number of hydrazone groups is 1. The Labute approximate surface area is 157 Å². The molecular formula is C17H19ClN4O3S. The third kappa shape index (κ3) is 3.96. The van der Waals surface area contributed by atoms with E-state index in [1.54, 1.807) is 28.9 Å². The molecular weight excluding hydrogens is 376 g/mol. The van der Waals surface area contributed by atoms with Gasteiger partial charge in [-0.15, -0.1) is 0 Å². The number of carbonyl (C=O) groups excluding carboxylic acids is 1. The minimum atomic E-state index is -2.99. The van der Waals surface area contributed by atoms with Crippen LogP contribution < -0.4 is 5.43 Å². The molecule has 9 heteroatoms. The predicted molar refractivity (Wildman–Crippen MR) is 101 cm³/mol. The highest BCUT2D eigenvalue weighted by molar-refractivity contribution is 7.91. The largest absolute Gasteiger partial charge is 0.271 e. The van der Waals surface area contributed by atoms with E-state index in [1.165, 1.54) is 6.21 Å². The van der Waals surface area contributed by atoms with Crippen molar-refractivity contribution in [3.63, 3.8) is 0 Å². The van der Waals surface area contributed by atoms with E-state index < -0.39 is 9.84 Å². The van der Waals surface area contributed by atoms with Gasteiger partial charge in [-0.1, -0.05) is 11.6 Å². The monoisotopic (exact) mass is 394 g/mol. The van der Waals surface area contributed by atoms with E-state index in [0.29, 0.717) is 17.0 Å². The van der Waals surface area contributed by atoms with Crippen molar-refractivity contribution < 1.29 is 13.2 Å². The number of rotatable bonds is 4. The van der Waals surface area contributed by atoms with E-state index in [-0.39, 0.29) is 23.5 Å². The summed E-state index contributed by atoms with van der Waals surface area (Å²) >= 11 is 5.80. The number of hydrogen-bond acceptors (Lipinski definition) is 5. The van der Waals surface area contributed by atoms with Crippen LogP contribution in [0.4, 0.5) is 0 Å². The minimum Gasteiger partial charge on any atom is -0.267 e. The van der Waals surface area contributed by atoms with Crippen LogP contribution in [0.2, 0.25) is 5.02 Å². The number of nitrogens with zero attached hydrogens (tertiary/aromatic N) is 3. The summed E-state index contributed by atoms with van der Waals surface area (Å²) < 4.78 is 25.1. The van der Waals surface area contributed by atoms with Crippen LogP contribution in [0.5, 0.6) is 0 Å². The highest BCUT2D eigenvalue weighted by atomic mass is 35.5. The first-order chi connectivity index (χ1) is 12.3. The maximum Gasteiger partial charge on any atom is 0.271 e. The van der Waals surface area contributed by atoms with Gasteiger partial charge in [-0.3, -0.25) is 9.48 Å². The fourth-order valence-corrected chi connectivity index (χ4v) is 4.83. The lowest BCUT2D eigenvalue weighted by Crippen LogP contribution is -2.17. The van der Waals surface area contributed by atoms with Crippen molar-refractivity contribution in [3.8, 4) is 0 Å². The Hall–Kier alpha value is -2.19. The molecule has 0 radical (unpaired) electrons. The van der Waals surface area contributed by atoms with Crippen LogP contribution in [-0.4, -0.2) is 41.8 Å². The van der Waals surface area contributed by atoms with Gasteiger partial charge in [0, 0.05) is 21.8 Å². The lowest BCUT2D eigenvalue weighted by atomic mass is 10.2. The smallest absolute Gasteiger partial charge is 0.267 e. The summed E-state index contributed by atoms with van der Waals surface area (Å²) in [5.74, 6) is -0.0439. The molecule has 138 valence electrons. The number of hydrogen-bond donors (Lipinski definition) is 1. The van der Waals surface area contributed by atoms with Crippen molar-refractivity contribution in [2.75, 3.05) is 11.5 Å². The lowest BCUT2D eigenvalue weighted by molar-refractivity contribution is 0.0955. The number of nitrogens with one attached hydrogen (secondary N) is 1. The second-order valence-electron chi connectivity index (χ2n) is 6.29. The van der Waals surface area contributed by atoms with E-state index in [2.05, 4.69) is 15.6 Å². The van der Waals surface area contributed by atoms with Gasteiger partial charge in [0.1, 0.15) is 0 Å². The number of aryl methyl sites for hydroxylation is 1. The SMILES string of the molecule is Cc1nn([C@@H]2CCS(=O)(=O)C2)c(C)c1/C=N\NC(=O)c1ccc(Cl)cc1. The molecule has 0 unspecified atom stereocenters. The van der Waals surface area contributed by atoms with Crippen molar-refractivity contribution in [2.45, 2.75) is 26.3 Å². The number of sulfone groups is 1. The molecule has 1 aromatic carbocycles. The molecule has 1 aliphatic rings.